The van der Waals surface area contributed by atoms with Crippen molar-refractivity contribution in [2.75, 3.05) is 13.1 Å². The average molecular weight is 285 g/mol. The van der Waals surface area contributed by atoms with Crippen LogP contribution in [-0.4, -0.2) is 44.1 Å². The molecule has 0 unspecified atom stereocenters. The van der Waals surface area contributed by atoms with Crippen molar-refractivity contribution in [1.29, 1.82) is 0 Å². The Kier molecular flexibility index (Phi) is 3.68. The Balaban J connectivity index is 1.76. The average Bonchev–Trinajstić information content (AvgIpc) is 3.00. The Morgan fingerprint density at radius 1 is 1.14 bits per heavy atom. The topological polar surface area (TPSA) is 63.9 Å². The first kappa shape index (κ1) is 13.7. The number of carbonyl (C=O) groups is 1. The van der Waals surface area contributed by atoms with Crippen LogP contribution in [0.5, 0.6) is 0 Å². The molecule has 0 aliphatic carbocycles. The van der Waals surface area contributed by atoms with Crippen LogP contribution in [0, 0.1) is 11.8 Å². The van der Waals surface area contributed by atoms with E-state index in [1.807, 2.05) is 29.2 Å². The van der Waals surface area contributed by atoms with Gasteiger partial charge < -0.3 is 4.90 Å². The SMILES string of the molecule is C[C@@H]1C[C@@H](C)CN(C(=O)c2ccc(-n3cnnn3)cc2)C1. The second kappa shape index (κ2) is 5.63. The van der Waals surface area contributed by atoms with Crippen LogP contribution in [0.2, 0.25) is 0 Å². The molecule has 0 N–H and O–H groups in total. The molecule has 21 heavy (non-hydrogen) atoms. The monoisotopic (exact) mass is 285 g/mol. The summed E-state index contributed by atoms with van der Waals surface area (Å²) in [5, 5.41) is 11.0. The highest BCUT2D eigenvalue weighted by molar-refractivity contribution is 5.94. The Bertz CT molecular complexity index is 598. The Labute approximate surface area is 123 Å². The van der Waals surface area contributed by atoms with Crippen molar-refractivity contribution in [1.82, 2.24) is 25.1 Å². The van der Waals surface area contributed by atoms with Crippen molar-refractivity contribution >= 4 is 5.91 Å². The summed E-state index contributed by atoms with van der Waals surface area (Å²) < 4.78 is 1.57. The van der Waals surface area contributed by atoms with Gasteiger partial charge in [0, 0.05) is 18.7 Å². The first-order valence-electron chi connectivity index (χ1n) is 7.26. The fourth-order valence-electron chi connectivity index (χ4n) is 3.05. The molecule has 6 nitrogen and oxygen atoms in total. The number of aromatic nitrogens is 4. The molecule has 2 atom stereocenters. The number of rotatable bonds is 2. The number of carbonyl (C=O) groups excluding carboxylic acids is 1. The molecule has 0 bridgehead atoms. The lowest BCUT2D eigenvalue weighted by Gasteiger charge is -2.35. The molecule has 0 saturated carbocycles. The zero-order valence-corrected chi connectivity index (χ0v) is 12.3. The van der Waals surface area contributed by atoms with Crippen molar-refractivity contribution in [2.24, 2.45) is 11.8 Å². The normalized spacial score (nSPS) is 22.3. The summed E-state index contributed by atoms with van der Waals surface area (Å²) in [6.07, 6.45) is 2.73. The molecule has 3 rings (SSSR count). The highest BCUT2D eigenvalue weighted by Gasteiger charge is 2.26. The Morgan fingerprint density at radius 2 is 1.81 bits per heavy atom. The van der Waals surface area contributed by atoms with Gasteiger partial charge in [0.05, 0.1) is 5.69 Å². The smallest absolute Gasteiger partial charge is 0.253 e. The quantitative estimate of drug-likeness (QED) is 0.843. The molecule has 0 spiro atoms. The summed E-state index contributed by atoms with van der Waals surface area (Å²) in [4.78, 5) is 14.5. The van der Waals surface area contributed by atoms with E-state index in [0.29, 0.717) is 17.4 Å². The number of benzene rings is 1. The minimum Gasteiger partial charge on any atom is -0.338 e. The van der Waals surface area contributed by atoms with Crippen LogP contribution in [0.15, 0.2) is 30.6 Å². The summed E-state index contributed by atoms with van der Waals surface area (Å²) in [6.45, 7) is 6.10. The number of hydrogen-bond acceptors (Lipinski definition) is 4. The summed E-state index contributed by atoms with van der Waals surface area (Å²) in [7, 11) is 0. The lowest BCUT2D eigenvalue weighted by molar-refractivity contribution is 0.0623. The third kappa shape index (κ3) is 2.94. The van der Waals surface area contributed by atoms with Crippen LogP contribution < -0.4 is 0 Å². The van der Waals surface area contributed by atoms with Crippen LogP contribution in [0.1, 0.15) is 30.6 Å². The zero-order valence-electron chi connectivity index (χ0n) is 12.3. The first-order valence-corrected chi connectivity index (χ1v) is 7.26. The van der Waals surface area contributed by atoms with Gasteiger partial charge in [-0.3, -0.25) is 4.79 Å². The van der Waals surface area contributed by atoms with E-state index in [-0.39, 0.29) is 5.91 Å². The molecular formula is C15H19N5O. The third-order valence-electron chi connectivity index (χ3n) is 3.88. The molecule has 2 aromatic rings. The molecule has 1 aromatic carbocycles. The van der Waals surface area contributed by atoms with Gasteiger partial charge in [0.15, 0.2) is 0 Å². The second-order valence-electron chi connectivity index (χ2n) is 5.96. The molecule has 1 aliphatic rings. The van der Waals surface area contributed by atoms with E-state index in [4.69, 9.17) is 0 Å². The molecule has 6 heteroatoms. The fourth-order valence-corrected chi connectivity index (χ4v) is 3.05. The Hall–Kier alpha value is -2.24. The second-order valence-corrected chi connectivity index (χ2v) is 5.96. The predicted octanol–water partition coefficient (Wildman–Crippen LogP) is 1.78. The molecule has 1 amide bonds. The van der Waals surface area contributed by atoms with Gasteiger partial charge in [-0.2, -0.15) is 0 Å². The van der Waals surface area contributed by atoms with Crippen LogP contribution in [0.4, 0.5) is 0 Å². The van der Waals surface area contributed by atoms with Crippen LogP contribution in [0.3, 0.4) is 0 Å². The molecule has 1 fully saturated rings. The van der Waals surface area contributed by atoms with Gasteiger partial charge in [-0.15, -0.1) is 5.10 Å². The number of piperidine rings is 1. The highest BCUT2D eigenvalue weighted by Crippen LogP contribution is 2.22. The van der Waals surface area contributed by atoms with E-state index < -0.39 is 0 Å². The largest absolute Gasteiger partial charge is 0.338 e. The minimum absolute atomic E-state index is 0.108. The van der Waals surface area contributed by atoms with E-state index >= 15 is 0 Å². The van der Waals surface area contributed by atoms with Crippen molar-refractivity contribution in [2.45, 2.75) is 20.3 Å². The van der Waals surface area contributed by atoms with E-state index in [1.165, 1.54) is 12.7 Å². The molecule has 110 valence electrons. The van der Waals surface area contributed by atoms with Crippen LogP contribution in [-0.2, 0) is 0 Å². The molecular weight excluding hydrogens is 266 g/mol. The van der Waals surface area contributed by atoms with Crippen LogP contribution in [0.25, 0.3) is 5.69 Å². The van der Waals surface area contributed by atoms with Crippen molar-refractivity contribution in [3.8, 4) is 5.69 Å². The predicted molar refractivity (Wildman–Crippen MR) is 78.0 cm³/mol. The molecule has 0 radical (unpaired) electrons. The first-order chi connectivity index (χ1) is 10.1. The summed E-state index contributed by atoms with van der Waals surface area (Å²) in [6, 6.07) is 7.40. The molecule has 1 aliphatic heterocycles. The zero-order chi connectivity index (χ0) is 14.8. The van der Waals surface area contributed by atoms with Gasteiger partial charge in [-0.25, -0.2) is 4.68 Å². The van der Waals surface area contributed by atoms with Gasteiger partial charge in [-0.1, -0.05) is 13.8 Å². The van der Waals surface area contributed by atoms with Crippen LogP contribution >= 0.6 is 0 Å². The van der Waals surface area contributed by atoms with E-state index in [9.17, 15) is 4.79 Å². The number of hydrogen-bond donors (Lipinski definition) is 0. The summed E-state index contributed by atoms with van der Waals surface area (Å²) >= 11 is 0. The summed E-state index contributed by atoms with van der Waals surface area (Å²) in [5.74, 6) is 1.24. The van der Waals surface area contributed by atoms with E-state index in [2.05, 4.69) is 29.4 Å². The maximum atomic E-state index is 12.6. The maximum Gasteiger partial charge on any atom is 0.253 e. The fraction of sp³-hybridized carbons (Fsp3) is 0.467. The maximum absolute atomic E-state index is 12.6. The van der Waals surface area contributed by atoms with E-state index in [1.54, 1.807) is 4.68 Å². The standard InChI is InChI=1S/C15H19N5O/c1-11-7-12(2)9-19(8-11)15(21)13-3-5-14(6-4-13)20-10-16-17-18-20/h3-6,10-12H,7-9H2,1-2H3/t11-,12-/m1/s1. The number of likely N-dealkylation sites (tertiary alicyclic amines) is 1. The lowest BCUT2D eigenvalue weighted by atomic mass is 9.91. The van der Waals surface area contributed by atoms with Crippen molar-refractivity contribution in [3.63, 3.8) is 0 Å². The van der Waals surface area contributed by atoms with Gasteiger partial charge in [0.1, 0.15) is 6.33 Å². The highest BCUT2D eigenvalue weighted by atomic mass is 16.2. The number of amides is 1. The summed E-state index contributed by atoms with van der Waals surface area (Å²) in [5.41, 5.74) is 1.56. The van der Waals surface area contributed by atoms with Gasteiger partial charge in [0.2, 0.25) is 0 Å². The molecule has 2 heterocycles. The molecule has 1 aromatic heterocycles. The third-order valence-corrected chi connectivity index (χ3v) is 3.88. The van der Waals surface area contributed by atoms with Gasteiger partial charge >= 0.3 is 0 Å². The van der Waals surface area contributed by atoms with Crippen molar-refractivity contribution in [3.05, 3.63) is 36.2 Å². The minimum atomic E-state index is 0.108. The van der Waals surface area contributed by atoms with E-state index in [0.717, 1.165) is 18.8 Å². The number of nitrogens with zero attached hydrogens (tertiary/aromatic N) is 5. The lowest BCUT2D eigenvalue weighted by Crippen LogP contribution is -2.42. The molecule has 1 saturated heterocycles. The van der Waals surface area contributed by atoms with Gasteiger partial charge in [0.25, 0.3) is 5.91 Å². The van der Waals surface area contributed by atoms with Gasteiger partial charge in [-0.05, 0) is 52.9 Å². The van der Waals surface area contributed by atoms with Crippen molar-refractivity contribution < 1.29 is 4.79 Å². The Morgan fingerprint density at radius 3 is 2.38 bits per heavy atom. The number of tetrazole rings is 1.